The second-order valence-electron chi connectivity index (χ2n) is 4.87. The molecule has 0 fully saturated rings. The first-order valence-electron chi connectivity index (χ1n) is 5.97. The van der Waals surface area contributed by atoms with E-state index in [-0.39, 0.29) is 5.84 Å². The van der Waals surface area contributed by atoms with Crippen LogP contribution in [0.5, 0.6) is 0 Å². The Balaban J connectivity index is 2.47. The Bertz CT molecular complexity index is 518. The fraction of sp³-hybridized carbons (Fsp3) is 0.462. The molecule has 0 aliphatic carbocycles. The van der Waals surface area contributed by atoms with Crippen LogP contribution in [0.1, 0.15) is 18.9 Å². The van der Waals surface area contributed by atoms with Gasteiger partial charge in [0, 0.05) is 12.7 Å². The van der Waals surface area contributed by atoms with Gasteiger partial charge in [-0.1, -0.05) is 30.3 Å². The van der Waals surface area contributed by atoms with Crippen LogP contribution < -0.4 is 5.32 Å². The molecule has 20 heavy (non-hydrogen) atoms. The van der Waals surface area contributed by atoms with Crippen LogP contribution >= 0.6 is 0 Å². The van der Waals surface area contributed by atoms with Crippen molar-refractivity contribution >= 4 is 5.84 Å². The van der Waals surface area contributed by atoms with Crippen molar-refractivity contribution in [1.29, 1.82) is 0 Å². The van der Waals surface area contributed by atoms with Crippen molar-refractivity contribution in [3.8, 4) is 0 Å². The molecule has 7 heteroatoms. The highest BCUT2D eigenvalue weighted by Gasteiger charge is 2.59. The number of ether oxygens (including phenoxy) is 1. The summed E-state index contributed by atoms with van der Waals surface area (Å²) in [6.07, 6.45) is -5.57. The van der Waals surface area contributed by atoms with Crippen LogP contribution in [0.2, 0.25) is 0 Å². The van der Waals surface area contributed by atoms with Crippen molar-refractivity contribution in [2.75, 3.05) is 7.11 Å². The number of hydrogen-bond acceptors (Lipinski definition) is 4. The zero-order valence-electron chi connectivity index (χ0n) is 11.0. The number of hydrogen-bond donors (Lipinski definition) is 2. The maximum absolute atomic E-state index is 13.1. The lowest BCUT2D eigenvalue weighted by Gasteiger charge is -2.42. The third-order valence-corrected chi connectivity index (χ3v) is 3.21. The Labute approximate surface area is 114 Å². The molecule has 1 heterocycles. The van der Waals surface area contributed by atoms with E-state index in [0.29, 0.717) is 5.56 Å². The molecule has 0 saturated heterocycles. The van der Waals surface area contributed by atoms with E-state index in [1.54, 1.807) is 30.3 Å². The number of amidine groups is 1. The molecule has 0 radical (unpaired) electrons. The fourth-order valence-corrected chi connectivity index (χ4v) is 2.04. The van der Waals surface area contributed by atoms with Crippen molar-refractivity contribution in [3.63, 3.8) is 0 Å². The number of rotatable bonds is 2. The predicted molar refractivity (Wildman–Crippen MR) is 67.2 cm³/mol. The van der Waals surface area contributed by atoms with Gasteiger partial charge in [0.25, 0.3) is 0 Å². The third kappa shape index (κ3) is 2.64. The Kier molecular flexibility index (Phi) is 3.51. The summed E-state index contributed by atoms with van der Waals surface area (Å²) in [5.74, 6) is -0.0546. The summed E-state index contributed by atoms with van der Waals surface area (Å²) >= 11 is 0. The van der Waals surface area contributed by atoms with E-state index in [1.165, 1.54) is 14.0 Å². The van der Waals surface area contributed by atoms with Gasteiger partial charge < -0.3 is 15.2 Å². The van der Waals surface area contributed by atoms with Gasteiger partial charge in [0.05, 0.1) is 6.42 Å². The number of methoxy groups -OCH3 is 1. The molecule has 1 aromatic carbocycles. The smallest absolute Gasteiger partial charge is 0.363 e. The van der Waals surface area contributed by atoms with Crippen LogP contribution in [0, 0.1) is 0 Å². The molecule has 1 aliphatic heterocycles. The van der Waals surface area contributed by atoms with Crippen LogP contribution in [-0.4, -0.2) is 35.7 Å². The molecule has 2 rings (SSSR count). The van der Waals surface area contributed by atoms with E-state index in [9.17, 15) is 18.3 Å². The molecular weight excluding hydrogens is 273 g/mol. The van der Waals surface area contributed by atoms with Crippen molar-refractivity contribution in [3.05, 3.63) is 35.9 Å². The molecule has 0 saturated carbocycles. The average molecular weight is 288 g/mol. The molecule has 1 aliphatic rings. The van der Waals surface area contributed by atoms with Crippen molar-refractivity contribution < 1.29 is 23.0 Å². The van der Waals surface area contributed by atoms with Gasteiger partial charge in [0.2, 0.25) is 5.72 Å². The molecule has 1 aromatic rings. The molecule has 2 unspecified atom stereocenters. The summed E-state index contributed by atoms with van der Waals surface area (Å²) in [5, 5.41) is 12.0. The lowest BCUT2D eigenvalue weighted by atomic mass is 9.97. The van der Waals surface area contributed by atoms with Crippen molar-refractivity contribution in [2.45, 2.75) is 31.0 Å². The standard InChI is InChI=1S/C13H15F3N2O2/c1-11(20-2)8-12(19,13(14,15)16)18-10(17-11)9-6-4-3-5-7-9/h3-7,19H,8H2,1-2H3,(H,17,18). The van der Waals surface area contributed by atoms with E-state index >= 15 is 0 Å². The van der Waals surface area contributed by atoms with Crippen molar-refractivity contribution in [1.82, 2.24) is 5.32 Å². The molecule has 2 atom stereocenters. The summed E-state index contributed by atoms with van der Waals surface area (Å²) in [4.78, 5) is 4.13. The lowest BCUT2D eigenvalue weighted by Crippen LogP contribution is -2.65. The molecule has 0 bridgehead atoms. The van der Waals surface area contributed by atoms with Crippen molar-refractivity contribution in [2.24, 2.45) is 4.99 Å². The summed E-state index contributed by atoms with van der Waals surface area (Å²) in [6.45, 7) is 1.40. The Morgan fingerprint density at radius 1 is 1.30 bits per heavy atom. The van der Waals surface area contributed by atoms with E-state index in [1.807, 2.05) is 0 Å². The number of nitrogens with one attached hydrogen (secondary N) is 1. The Morgan fingerprint density at radius 3 is 2.40 bits per heavy atom. The highest BCUT2D eigenvalue weighted by atomic mass is 19.4. The second-order valence-corrected chi connectivity index (χ2v) is 4.87. The zero-order chi connectivity index (χ0) is 15.0. The molecule has 2 N–H and O–H groups in total. The minimum absolute atomic E-state index is 0.0546. The summed E-state index contributed by atoms with van der Waals surface area (Å²) < 4.78 is 44.2. The van der Waals surface area contributed by atoms with Gasteiger partial charge in [-0.15, -0.1) is 0 Å². The van der Waals surface area contributed by atoms with Gasteiger partial charge in [-0.2, -0.15) is 13.2 Å². The van der Waals surface area contributed by atoms with Gasteiger partial charge >= 0.3 is 6.18 Å². The number of aliphatic imine (C=N–C) groups is 1. The predicted octanol–water partition coefficient (Wildman–Crippen LogP) is 2.04. The average Bonchev–Trinajstić information content (AvgIpc) is 2.38. The quantitative estimate of drug-likeness (QED) is 0.875. The number of nitrogens with zero attached hydrogens (tertiary/aromatic N) is 1. The minimum atomic E-state index is -4.84. The lowest BCUT2D eigenvalue weighted by molar-refractivity contribution is -0.284. The van der Waals surface area contributed by atoms with Crippen LogP contribution in [0.15, 0.2) is 35.3 Å². The maximum atomic E-state index is 13.1. The number of alkyl halides is 3. The highest BCUT2D eigenvalue weighted by Crippen LogP contribution is 2.39. The molecule has 0 spiro atoms. The van der Waals surface area contributed by atoms with Crippen LogP contribution in [-0.2, 0) is 4.74 Å². The van der Waals surface area contributed by atoms with Crippen LogP contribution in [0.4, 0.5) is 13.2 Å². The van der Waals surface area contributed by atoms with E-state index in [4.69, 9.17) is 4.74 Å². The third-order valence-electron chi connectivity index (χ3n) is 3.21. The van der Waals surface area contributed by atoms with Crippen LogP contribution in [0.25, 0.3) is 0 Å². The first-order valence-corrected chi connectivity index (χ1v) is 5.97. The topological polar surface area (TPSA) is 53.9 Å². The largest absolute Gasteiger partial charge is 0.436 e. The van der Waals surface area contributed by atoms with E-state index in [2.05, 4.69) is 10.3 Å². The summed E-state index contributed by atoms with van der Waals surface area (Å²) in [5.41, 5.74) is -4.09. The fourth-order valence-electron chi connectivity index (χ4n) is 2.04. The Hall–Kier alpha value is -1.60. The number of benzene rings is 1. The molecular formula is C13H15F3N2O2. The molecule has 4 nitrogen and oxygen atoms in total. The number of halogens is 3. The SMILES string of the molecule is COC1(C)CC(O)(C(F)(F)F)NC(c2ccccc2)=N1. The summed E-state index contributed by atoms with van der Waals surface area (Å²) in [7, 11) is 1.26. The van der Waals surface area contributed by atoms with Gasteiger partial charge in [-0.05, 0) is 6.92 Å². The molecule has 0 amide bonds. The van der Waals surface area contributed by atoms with E-state index in [0.717, 1.165) is 0 Å². The highest BCUT2D eigenvalue weighted by molar-refractivity contribution is 5.99. The zero-order valence-corrected chi connectivity index (χ0v) is 11.0. The van der Waals surface area contributed by atoms with Gasteiger partial charge in [0.15, 0.2) is 5.72 Å². The minimum Gasteiger partial charge on any atom is -0.363 e. The molecule has 110 valence electrons. The van der Waals surface area contributed by atoms with Gasteiger partial charge in [-0.3, -0.25) is 0 Å². The van der Waals surface area contributed by atoms with Gasteiger partial charge in [0.1, 0.15) is 5.84 Å². The maximum Gasteiger partial charge on any atom is 0.436 e. The monoisotopic (exact) mass is 288 g/mol. The van der Waals surface area contributed by atoms with E-state index < -0.39 is 24.0 Å². The summed E-state index contributed by atoms with van der Waals surface area (Å²) in [6, 6.07) is 8.28. The second kappa shape index (κ2) is 4.75. The molecule has 0 aromatic heterocycles. The number of aliphatic hydroxyl groups is 1. The van der Waals surface area contributed by atoms with Crippen LogP contribution in [0.3, 0.4) is 0 Å². The van der Waals surface area contributed by atoms with Gasteiger partial charge in [-0.25, -0.2) is 4.99 Å². The Morgan fingerprint density at radius 2 is 1.90 bits per heavy atom. The normalized spacial score (nSPS) is 30.6. The first kappa shape index (κ1) is 14.8. The first-order chi connectivity index (χ1) is 9.19.